The summed E-state index contributed by atoms with van der Waals surface area (Å²) < 4.78 is 14.5. The van der Waals surface area contributed by atoms with Crippen molar-refractivity contribution in [3.8, 4) is 0 Å². The predicted octanol–water partition coefficient (Wildman–Crippen LogP) is 1.43. The summed E-state index contributed by atoms with van der Waals surface area (Å²) >= 11 is 0. The van der Waals surface area contributed by atoms with E-state index in [0.29, 0.717) is 5.65 Å². The Morgan fingerprint density at radius 3 is 3.08 bits per heavy atom. The van der Waals surface area contributed by atoms with Gasteiger partial charge in [-0.3, -0.25) is 0 Å². The third kappa shape index (κ3) is 0.958. The smallest absolute Gasteiger partial charge is 0.190 e. The quantitative estimate of drug-likeness (QED) is 0.639. The molecule has 2 rings (SSSR count). The molecular formula is C8H8FN3. The molecule has 2 aromatic rings. The Morgan fingerprint density at radius 1 is 1.58 bits per heavy atom. The Kier molecular flexibility index (Phi) is 1.53. The van der Waals surface area contributed by atoms with Crippen LogP contribution in [0.15, 0.2) is 18.5 Å². The van der Waals surface area contributed by atoms with Crippen LogP contribution in [0.5, 0.6) is 0 Å². The molecule has 62 valence electrons. The first-order valence-electron chi connectivity index (χ1n) is 3.80. The lowest BCUT2D eigenvalue weighted by Gasteiger charge is -1.89. The van der Waals surface area contributed by atoms with Gasteiger partial charge in [-0.05, 0) is 12.5 Å². The van der Waals surface area contributed by atoms with E-state index in [1.807, 2.05) is 6.92 Å². The van der Waals surface area contributed by atoms with Crippen molar-refractivity contribution in [1.29, 1.82) is 0 Å². The first-order chi connectivity index (χ1) is 5.81. The van der Waals surface area contributed by atoms with Gasteiger partial charge in [0.2, 0.25) is 0 Å². The average Bonchev–Trinajstić information content (AvgIpc) is 2.49. The Labute approximate surface area is 68.9 Å². The highest BCUT2D eigenvalue weighted by atomic mass is 19.1. The minimum atomic E-state index is -0.329. The maximum atomic E-state index is 13.0. The molecule has 0 aromatic carbocycles. The molecule has 0 unspecified atom stereocenters. The summed E-state index contributed by atoms with van der Waals surface area (Å²) in [5.41, 5.74) is 1.15. The van der Waals surface area contributed by atoms with Gasteiger partial charge in [-0.1, -0.05) is 6.92 Å². The molecule has 2 heterocycles. The highest BCUT2D eigenvalue weighted by Crippen LogP contribution is 2.07. The van der Waals surface area contributed by atoms with Gasteiger partial charge in [-0.15, -0.1) is 0 Å². The van der Waals surface area contributed by atoms with E-state index in [9.17, 15) is 4.39 Å². The van der Waals surface area contributed by atoms with Crippen molar-refractivity contribution < 1.29 is 4.39 Å². The van der Waals surface area contributed by atoms with Crippen molar-refractivity contribution in [2.75, 3.05) is 0 Å². The first kappa shape index (κ1) is 7.21. The van der Waals surface area contributed by atoms with E-state index in [4.69, 9.17) is 0 Å². The second kappa shape index (κ2) is 2.55. The van der Waals surface area contributed by atoms with Crippen molar-refractivity contribution in [2.45, 2.75) is 13.3 Å². The number of rotatable bonds is 1. The van der Waals surface area contributed by atoms with Gasteiger partial charge in [-0.2, -0.15) is 5.10 Å². The van der Waals surface area contributed by atoms with Gasteiger partial charge in [0.1, 0.15) is 0 Å². The van der Waals surface area contributed by atoms with Crippen LogP contribution in [-0.4, -0.2) is 14.6 Å². The largest absolute Gasteiger partial charge is 0.229 e. The van der Waals surface area contributed by atoms with Crippen LogP contribution in [-0.2, 0) is 6.42 Å². The Bertz CT molecular complexity index is 408. The molecule has 0 aliphatic carbocycles. The molecule has 12 heavy (non-hydrogen) atoms. The van der Waals surface area contributed by atoms with Crippen LogP contribution in [0.4, 0.5) is 4.39 Å². The Morgan fingerprint density at radius 2 is 2.42 bits per heavy atom. The van der Waals surface area contributed by atoms with Crippen LogP contribution in [0.3, 0.4) is 0 Å². The zero-order valence-electron chi connectivity index (χ0n) is 6.66. The van der Waals surface area contributed by atoms with Crippen LogP contribution < -0.4 is 0 Å². The van der Waals surface area contributed by atoms with Crippen LogP contribution >= 0.6 is 0 Å². The van der Waals surface area contributed by atoms with E-state index in [1.165, 1.54) is 16.8 Å². The van der Waals surface area contributed by atoms with E-state index >= 15 is 0 Å². The van der Waals surface area contributed by atoms with E-state index in [0.717, 1.165) is 12.1 Å². The number of aryl methyl sites for hydroxylation is 1. The van der Waals surface area contributed by atoms with Crippen molar-refractivity contribution >= 4 is 5.65 Å². The topological polar surface area (TPSA) is 30.2 Å². The van der Waals surface area contributed by atoms with Crippen LogP contribution in [0, 0.1) is 5.82 Å². The molecule has 0 fully saturated rings. The maximum absolute atomic E-state index is 13.0. The third-order valence-electron chi connectivity index (χ3n) is 1.73. The van der Waals surface area contributed by atoms with Gasteiger partial charge in [0.25, 0.3) is 0 Å². The zero-order chi connectivity index (χ0) is 8.55. The molecule has 0 bridgehead atoms. The summed E-state index contributed by atoms with van der Waals surface area (Å²) in [5.74, 6) is -0.329. The molecule has 4 heteroatoms. The molecule has 0 aliphatic rings. The van der Waals surface area contributed by atoms with Gasteiger partial charge in [-0.25, -0.2) is 13.9 Å². The second-order valence-electron chi connectivity index (χ2n) is 2.53. The van der Waals surface area contributed by atoms with Crippen molar-refractivity contribution in [3.05, 3.63) is 30.0 Å². The summed E-state index contributed by atoms with van der Waals surface area (Å²) in [7, 11) is 0. The maximum Gasteiger partial charge on any atom is 0.190 e. The molecule has 0 saturated carbocycles. The Balaban J connectivity index is 2.74. The fourth-order valence-corrected chi connectivity index (χ4v) is 1.08. The molecule has 0 radical (unpaired) electrons. The van der Waals surface area contributed by atoms with E-state index in [2.05, 4.69) is 10.1 Å². The summed E-state index contributed by atoms with van der Waals surface area (Å²) in [6.45, 7) is 1.97. The molecular weight excluding hydrogens is 157 g/mol. The van der Waals surface area contributed by atoms with Gasteiger partial charge in [0.05, 0.1) is 18.1 Å². The fourth-order valence-electron chi connectivity index (χ4n) is 1.08. The van der Waals surface area contributed by atoms with Crippen LogP contribution in [0.2, 0.25) is 0 Å². The normalized spacial score (nSPS) is 10.8. The van der Waals surface area contributed by atoms with E-state index < -0.39 is 0 Å². The second-order valence-corrected chi connectivity index (χ2v) is 2.53. The fraction of sp³-hybridized carbons (Fsp3) is 0.250. The lowest BCUT2D eigenvalue weighted by molar-refractivity contribution is 0.622. The SMILES string of the molecule is CCc1cn2nccc(F)c2n1. The number of aromatic nitrogens is 3. The molecule has 0 amide bonds. The lowest BCUT2D eigenvalue weighted by Crippen LogP contribution is -1.90. The molecule has 3 nitrogen and oxygen atoms in total. The summed E-state index contributed by atoms with van der Waals surface area (Å²) in [6.07, 6.45) is 3.95. The minimum absolute atomic E-state index is 0.300. The highest BCUT2D eigenvalue weighted by molar-refractivity contribution is 5.39. The van der Waals surface area contributed by atoms with E-state index in [1.54, 1.807) is 6.20 Å². The number of hydrogen-bond donors (Lipinski definition) is 0. The number of imidazole rings is 1. The van der Waals surface area contributed by atoms with Crippen molar-refractivity contribution in [3.63, 3.8) is 0 Å². The van der Waals surface area contributed by atoms with Gasteiger partial charge in [0, 0.05) is 0 Å². The Hall–Kier alpha value is -1.45. The predicted molar refractivity (Wildman–Crippen MR) is 42.3 cm³/mol. The summed E-state index contributed by atoms with van der Waals surface area (Å²) in [5, 5.41) is 3.92. The van der Waals surface area contributed by atoms with Crippen LogP contribution in [0.25, 0.3) is 5.65 Å². The van der Waals surface area contributed by atoms with Gasteiger partial charge in [0.15, 0.2) is 11.5 Å². The number of fused-ring (bicyclic) bond motifs is 1. The average molecular weight is 165 g/mol. The number of hydrogen-bond acceptors (Lipinski definition) is 2. The standard InChI is InChI=1S/C8H8FN3/c1-2-6-5-12-8(11-6)7(9)3-4-10-12/h3-5H,2H2,1H3. The van der Waals surface area contributed by atoms with E-state index in [-0.39, 0.29) is 5.82 Å². The van der Waals surface area contributed by atoms with Crippen molar-refractivity contribution in [2.24, 2.45) is 0 Å². The zero-order valence-corrected chi connectivity index (χ0v) is 6.66. The molecule has 0 aliphatic heterocycles. The molecule has 2 aromatic heterocycles. The molecule has 0 saturated heterocycles. The van der Waals surface area contributed by atoms with Gasteiger partial charge >= 0.3 is 0 Å². The molecule has 0 N–H and O–H groups in total. The van der Waals surface area contributed by atoms with Gasteiger partial charge < -0.3 is 0 Å². The van der Waals surface area contributed by atoms with Crippen LogP contribution in [0.1, 0.15) is 12.6 Å². The minimum Gasteiger partial charge on any atom is -0.229 e. The summed E-state index contributed by atoms with van der Waals surface area (Å²) in [6, 6.07) is 1.31. The first-order valence-corrected chi connectivity index (χ1v) is 3.80. The highest BCUT2D eigenvalue weighted by Gasteiger charge is 2.04. The number of nitrogens with zero attached hydrogens (tertiary/aromatic N) is 3. The number of halogens is 1. The lowest BCUT2D eigenvalue weighted by atomic mass is 10.4. The summed E-state index contributed by atoms with van der Waals surface area (Å²) in [4.78, 5) is 4.06. The molecule has 0 atom stereocenters. The molecule has 0 spiro atoms. The monoisotopic (exact) mass is 165 g/mol. The third-order valence-corrected chi connectivity index (χ3v) is 1.73. The van der Waals surface area contributed by atoms with Crippen molar-refractivity contribution in [1.82, 2.24) is 14.6 Å².